The molecule has 0 aliphatic carbocycles. The minimum Gasteiger partial charge on any atom is -0.385 e. The maximum atomic E-state index is 12.2. The second kappa shape index (κ2) is 6.17. The van der Waals surface area contributed by atoms with E-state index in [-0.39, 0.29) is 18.1 Å². The summed E-state index contributed by atoms with van der Waals surface area (Å²) in [5.74, 6) is 0.168. The fraction of sp³-hybridized carbons (Fsp3) is 0.533. The van der Waals surface area contributed by atoms with Gasteiger partial charge in [0.1, 0.15) is 6.17 Å². The molecule has 1 aliphatic rings. The van der Waals surface area contributed by atoms with E-state index < -0.39 is 0 Å². The molecule has 0 aromatic heterocycles. The van der Waals surface area contributed by atoms with Crippen molar-refractivity contribution in [3.63, 3.8) is 0 Å². The zero-order valence-electron chi connectivity index (χ0n) is 11.8. The Kier molecular flexibility index (Phi) is 4.56. The molecular formula is C15H22N2O2. The van der Waals surface area contributed by atoms with Gasteiger partial charge in [-0.15, -0.1) is 0 Å². The van der Waals surface area contributed by atoms with E-state index in [4.69, 9.17) is 4.74 Å². The molecule has 0 bridgehead atoms. The predicted octanol–water partition coefficient (Wildman–Crippen LogP) is 1.85. The SMILES string of the molecule is COCCCN1C(=O)C(C)NC1c1ccc(C)cc1. The molecule has 2 unspecified atom stereocenters. The summed E-state index contributed by atoms with van der Waals surface area (Å²) < 4.78 is 5.06. The molecule has 0 saturated carbocycles. The van der Waals surface area contributed by atoms with Gasteiger partial charge in [0, 0.05) is 20.3 Å². The molecule has 1 heterocycles. The molecule has 0 radical (unpaired) electrons. The molecule has 1 fully saturated rings. The Bertz CT molecular complexity index is 430. The van der Waals surface area contributed by atoms with E-state index in [1.165, 1.54) is 5.56 Å². The van der Waals surface area contributed by atoms with E-state index in [1.54, 1.807) is 7.11 Å². The maximum Gasteiger partial charge on any atom is 0.241 e. The van der Waals surface area contributed by atoms with Crippen LogP contribution in [-0.2, 0) is 9.53 Å². The highest BCUT2D eigenvalue weighted by atomic mass is 16.5. The third-order valence-electron chi connectivity index (χ3n) is 3.51. The first-order valence-electron chi connectivity index (χ1n) is 6.75. The molecule has 0 spiro atoms. The van der Waals surface area contributed by atoms with Gasteiger partial charge in [0.25, 0.3) is 0 Å². The predicted molar refractivity (Wildman–Crippen MR) is 74.7 cm³/mol. The zero-order valence-corrected chi connectivity index (χ0v) is 11.8. The fourth-order valence-electron chi connectivity index (χ4n) is 2.42. The summed E-state index contributed by atoms with van der Waals surface area (Å²) >= 11 is 0. The third-order valence-corrected chi connectivity index (χ3v) is 3.51. The number of nitrogens with zero attached hydrogens (tertiary/aromatic N) is 1. The van der Waals surface area contributed by atoms with Gasteiger partial charge >= 0.3 is 0 Å². The van der Waals surface area contributed by atoms with Crippen LogP contribution < -0.4 is 5.32 Å². The van der Waals surface area contributed by atoms with Crippen LogP contribution in [-0.4, -0.2) is 37.1 Å². The van der Waals surface area contributed by atoms with Gasteiger partial charge < -0.3 is 9.64 Å². The second-order valence-electron chi connectivity index (χ2n) is 5.08. The van der Waals surface area contributed by atoms with Gasteiger partial charge in [0.05, 0.1) is 6.04 Å². The minimum absolute atomic E-state index is 0.0139. The number of amides is 1. The largest absolute Gasteiger partial charge is 0.385 e. The Morgan fingerprint density at radius 3 is 2.63 bits per heavy atom. The second-order valence-corrected chi connectivity index (χ2v) is 5.08. The van der Waals surface area contributed by atoms with Crippen molar-refractivity contribution in [1.82, 2.24) is 10.2 Å². The lowest BCUT2D eigenvalue weighted by molar-refractivity contribution is -0.130. The highest BCUT2D eigenvalue weighted by Crippen LogP contribution is 2.25. The number of carbonyl (C=O) groups is 1. The molecule has 2 rings (SSSR count). The van der Waals surface area contributed by atoms with E-state index in [0.717, 1.165) is 18.5 Å². The summed E-state index contributed by atoms with van der Waals surface area (Å²) in [7, 11) is 1.68. The fourth-order valence-corrected chi connectivity index (χ4v) is 2.42. The maximum absolute atomic E-state index is 12.2. The number of nitrogens with one attached hydrogen (secondary N) is 1. The number of aryl methyl sites for hydroxylation is 1. The number of hydrogen-bond acceptors (Lipinski definition) is 3. The van der Waals surface area contributed by atoms with Crippen LogP contribution >= 0.6 is 0 Å². The van der Waals surface area contributed by atoms with Gasteiger partial charge in [0.15, 0.2) is 0 Å². The van der Waals surface area contributed by atoms with E-state index in [2.05, 4.69) is 36.5 Å². The summed E-state index contributed by atoms with van der Waals surface area (Å²) in [5, 5.41) is 3.35. The van der Waals surface area contributed by atoms with Gasteiger partial charge in [-0.25, -0.2) is 0 Å². The van der Waals surface area contributed by atoms with Crippen LogP contribution in [0.3, 0.4) is 0 Å². The minimum atomic E-state index is -0.117. The number of rotatable bonds is 5. The normalized spacial score (nSPS) is 23.1. The summed E-state index contributed by atoms with van der Waals surface area (Å²) in [6, 6.07) is 8.22. The molecule has 1 aliphatic heterocycles. The van der Waals surface area contributed by atoms with Crippen LogP contribution in [0.1, 0.15) is 30.6 Å². The zero-order chi connectivity index (χ0) is 13.8. The average molecular weight is 262 g/mol. The van der Waals surface area contributed by atoms with Crippen LogP contribution in [0, 0.1) is 6.92 Å². The summed E-state index contributed by atoms with van der Waals surface area (Å²) in [5.41, 5.74) is 2.37. The Labute approximate surface area is 114 Å². The van der Waals surface area contributed by atoms with E-state index >= 15 is 0 Å². The summed E-state index contributed by atoms with van der Waals surface area (Å²) in [4.78, 5) is 14.1. The monoisotopic (exact) mass is 262 g/mol. The van der Waals surface area contributed by atoms with E-state index in [1.807, 2.05) is 11.8 Å². The number of ether oxygens (including phenoxy) is 1. The first-order valence-corrected chi connectivity index (χ1v) is 6.75. The van der Waals surface area contributed by atoms with Crippen LogP contribution in [0.15, 0.2) is 24.3 Å². The molecule has 4 nitrogen and oxygen atoms in total. The first kappa shape index (κ1) is 14.0. The van der Waals surface area contributed by atoms with Crippen molar-refractivity contribution in [3.8, 4) is 0 Å². The number of carbonyl (C=O) groups excluding carboxylic acids is 1. The van der Waals surface area contributed by atoms with Crippen LogP contribution in [0.4, 0.5) is 0 Å². The van der Waals surface area contributed by atoms with Crippen LogP contribution in [0.5, 0.6) is 0 Å². The molecule has 1 saturated heterocycles. The Morgan fingerprint density at radius 2 is 2.00 bits per heavy atom. The molecule has 1 aromatic carbocycles. The summed E-state index contributed by atoms with van der Waals surface area (Å²) in [6.45, 7) is 5.39. The van der Waals surface area contributed by atoms with Gasteiger partial charge in [-0.3, -0.25) is 10.1 Å². The van der Waals surface area contributed by atoms with Crippen molar-refractivity contribution < 1.29 is 9.53 Å². The average Bonchev–Trinajstić information content (AvgIpc) is 2.68. The van der Waals surface area contributed by atoms with Crippen molar-refractivity contribution in [3.05, 3.63) is 35.4 Å². The Balaban J connectivity index is 2.12. The molecule has 104 valence electrons. The molecule has 2 atom stereocenters. The van der Waals surface area contributed by atoms with Crippen molar-refractivity contribution in [2.45, 2.75) is 32.5 Å². The lowest BCUT2D eigenvalue weighted by Crippen LogP contribution is -2.32. The Hall–Kier alpha value is -1.39. The first-order chi connectivity index (χ1) is 9.13. The van der Waals surface area contributed by atoms with Gasteiger partial charge in [-0.1, -0.05) is 29.8 Å². The summed E-state index contributed by atoms with van der Waals surface area (Å²) in [6.07, 6.45) is 0.846. The van der Waals surface area contributed by atoms with Gasteiger partial charge in [0.2, 0.25) is 5.91 Å². The highest BCUT2D eigenvalue weighted by molar-refractivity contribution is 5.84. The molecule has 4 heteroatoms. The molecule has 1 aromatic rings. The molecule has 19 heavy (non-hydrogen) atoms. The lowest BCUT2D eigenvalue weighted by atomic mass is 10.1. The number of methoxy groups -OCH3 is 1. The molecule has 1 N–H and O–H groups in total. The third kappa shape index (κ3) is 3.14. The van der Waals surface area contributed by atoms with Gasteiger partial charge in [-0.2, -0.15) is 0 Å². The number of hydrogen-bond donors (Lipinski definition) is 1. The Morgan fingerprint density at radius 1 is 1.32 bits per heavy atom. The van der Waals surface area contributed by atoms with Crippen molar-refractivity contribution in [2.24, 2.45) is 0 Å². The number of benzene rings is 1. The molecular weight excluding hydrogens is 240 g/mol. The quantitative estimate of drug-likeness (QED) is 0.823. The van der Waals surface area contributed by atoms with E-state index in [9.17, 15) is 4.79 Å². The van der Waals surface area contributed by atoms with E-state index in [0.29, 0.717) is 6.61 Å². The van der Waals surface area contributed by atoms with Crippen molar-refractivity contribution >= 4 is 5.91 Å². The standard InChI is InChI=1S/C15H22N2O2/c1-11-5-7-13(8-6-11)14-16-12(2)15(18)17(14)9-4-10-19-3/h5-8,12,14,16H,4,9-10H2,1-3H3. The topological polar surface area (TPSA) is 41.6 Å². The van der Waals surface area contributed by atoms with Crippen LogP contribution in [0.25, 0.3) is 0 Å². The molecule has 1 amide bonds. The smallest absolute Gasteiger partial charge is 0.241 e. The lowest BCUT2D eigenvalue weighted by Gasteiger charge is -2.24. The van der Waals surface area contributed by atoms with Crippen molar-refractivity contribution in [1.29, 1.82) is 0 Å². The highest BCUT2D eigenvalue weighted by Gasteiger charge is 2.36. The van der Waals surface area contributed by atoms with Crippen molar-refractivity contribution in [2.75, 3.05) is 20.3 Å². The van der Waals surface area contributed by atoms with Gasteiger partial charge in [-0.05, 0) is 25.8 Å². The van der Waals surface area contributed by atoms with Crippen LogP contribution in [0.2, 0.25) is 0 Å².